The molecule has 0 radical (unpaired) electrons. The average molecular weight is 445 g/mol. The highest BCUT2D eigenvalue weighted by atomic mass is 35.5. The highest BCUT2D eigenvalue weighted by molar-refractivity contribution is 6.31. The summed E-state index contributed by atoms with van der Waals surface area (Å²) in [6.07, 6.45) is 0.342. The van der Waals surface area contributed by atoms with Gasteiger partial charge < -0.3 is 19.5 Å². The number of nitrogens with one attached hydrogen (secondary N) is 1. The van der Waals surface area contributed by atoms with E-state index in [4.69, 9.17) is 21.3 Å². The van der Waals surface area contributed by atoms with Gasteiger partial charge in [-0.1, -0.05) is 29.8 Å². The molecule has 1 aromatic heterocycles. The monoisotopic (exact) mass is 444 g/mol. The lowest BCUT2D eigenvalue weighted by molar-refractivity contribution is 0.0509. The summed E-state index contributed by atoms with van der Waals surface area (Å²) in [5.41, 5.74) is 1.61. The Morgan fingerprint density at radius 2 is 2.03 bits per heavy atom. The summed E-state index contributed by atoms with van der Waals surface area (Å²) in [7, 11) is 0. The number of fused-ring (bicyclic) bond motifs is 1. The fraction of sp³-hybridized carbons (Fsp3) is 0.391. The number of alkyl carbamates (subject to hydrolysis) is 1. The summed E-state index contributed by atoms with van der Waals surface area (Å²) in [5, 5.41) is 3.32. The number of aromatic nitrogens is 2. The number of amides is 1. The Hall–Kier alpha value is -2.80. The van der Waals surface area contributed by atoms with E-state index in [1.165, 1.54) is 6.07 Å². The molecule has 8 heteroatoms. The van der Waals surface area contributed by atoms with Crippen molar-refractivity contribution >= 4 is 34.7 Å². The number of carbonyl (C=O) groups is 1. The maximum atomic E-state index is 14.5. The highest BCUT2D eigenvalue weighted by Gasteiger charge is 2.29. The number of nitrogens with zero attached hydrogens (tertiary/aromatic N) is 3. The van der Waals surface area contributed by atoms with Crippen molar-refractivity contribution in [2.24, 2.45) is 0 Å². The largest absolute Gasteiger partial charge is 0.444 e. The third kappa shape index (κ3) is 4.77. The number of halogens is 2. The molecule has 1 fully saturated rings. The van der Waals surface area contributed by atoms with Crippen LogP contribution < -0.4 is 10.2 Å². The summed E-state index contributed by atoms with van der Waals surface area (Å²) >= 11 is 6.29. The smallest absolute Gasteiger partial charge is 0.407 e. The van der Waals surface area contributed by atoms with Crippen LogP contribution in [-0.2, 0) is 11.3 Å². The molecular formula is C23H26ClFN4O2. The van der Waals surface area contributed by atoms with Crippen LogP contribution in [0.25, 0.3) is 11.0 Å². The van der Waals surface area contributed by atoms with Gasteiger partial charge in [-0.25, -0.2) is 14.2 Å². The summed E-state index contributed by atoms with van der Waals surface area (Å²) in [6, 6.07) is 12.4. The van der Waals surface area contributed by atoms with Gasteiger partial charge in [-0.3, -0.25) is 0 Å². The Labute approximate surface area is 186 Å². The van der Waals surface area contributed by atoms with E-state index < -0.39 is 11.7 Å². The Bertz CT molecular complexity index is 1090. The van der Waals surface area contributed by atoms with E-state index in [0.717, 1.165) is 29.9 Å². The second-order valence-electron chi connectivity index (χ2n) is 8.76. The summed E-state index contributed by atoms with van der Waals surface area (Å²) in [4.78, 5) is 19.1. The van der Waals surface area contributed by atoms with Gasteiger partial charge in [0.1, 0.15) is 11.4 Å². The predicted octanol–water partition coefficient (Wildman–Crippen LogP) is 4.98. The molecule has 1 amide bonds. The van der Waals surface area contributed by atoms with Gasteiger partial charge in [0.25, 0.3) is 0 Å². The lowest BCUT2D eigenvalue weighted by Crippen LogP contribution is -2.40. The lowest BCUT2D eigenvalue weighted by atomic mass is 10.2. The number of para-hydroxylation sites is 2. The van der Waals surface area contributed by atoms with Crippen LogP contribution in [0.5, 0.6) is 0 Å². The molecular weight excluding hydrogens is 419 g/mol. The predicted molar refractivity (Wildman–Crippen MR) is 120 cm³/mol. The number of hydrogen-bond donors (Lipinski definition) is 1. The van der Waals surface area contributed by atoms with Crippen molar-refractivity contribution in [2.75, 3.05) is 18.0 Å². The minimum absolute atomic E-state index is 0.0554. The number of imidazole rings is 1. The first kappa shape index (κ1) is 21.4. The van der Waals surface area contributed by atoms with E-state index >= 15 is 0 Å². The van der Waals surface area contributed by atoms with Crippen molar-refractivity contribution in [2.45, 2.75) is 45.4 Å². The Balaban J connectivity index is 1.60. The van der Waals surface area contributed by atoms with Crippen LogP contribution in [0.1, 0.15) is 32.8 Å². The summed E-state index contributed by atoms with van der Waals surface area (Å²) in [5.74, 6) is 0.385. The van der Waals surface area contributed by atoms with Gasteiger partial charge in [0.15, 0.2) is 0 Å². The van der Waals surface area contributed by atoms with E-state index in [0.29, 0.717) is 17.1 Å². The van der Waals surface area contributed by atoms with Gasteiger partial charge in [-0.15, -0.1) is 0 Å². The lowest BCUT2D eigenvalue weighted by Gasteiger charge is -2.22. The molecule has 6 nitrogen and oxygen atoms in total. The number of hydrogen-bond acceptors (Lipinski definition) is 4. The number of rotatable bonds is 4. The number of carbonyl (C=O) groups excluding carboxylic acids is 1. The van der Waals surface area contributed by atoms with Gasteiger partial charge in [0, 0.05) is 23.7 Å². The van der Waals surface area contributed by atoms with Gasteiger partial charge in [0.2, 0.25) is 5.95 Å². The first-order chi connectivity index (χ1) is 14.7. The zero-order valence-corrected chi connectivity index (χ0v) is 18.6. The third-order valence-electron chi connectivity index (χ3n) is 5.20. The molecule has 2 heterocycles. The van der Waals surface area contributed by atoms with Crippen molar-refractivity contribution < 1.29 is 13.9 Å². The second-order valence-corrected chi connectivity index (χ2v) is 9.17. The molecule has 0 spiro atoms. The van der Waals surface area contributed by atoms with Crippen LogP contribution in [0.3, 0.4) is 0 Å². The molecule has 0 saturated carbocycles. The fourth-order valence-corrected chi connectivity index (χ4v) is 4.06. The van der Waals surface area contributed by atoms with Crippen molar-refractivity contribution in [1.82, 2.24) is 14.9 Å². The van der Waals surface area contributed by atoms with E-state index in [-0.39, 0.29) is 18.4 Å². The first-order valence-corrected chi connectivity index (χ1v) is 10.7. The molecule has 164 valence electrons. The fourth-order valence-electron chi connectivity index (χ4n) is 3.84. The van der Waals surface area contributed by atoms with Crippen molar-refractivity contribution in [3.8, 4) is 0 Å². The Morgan fingerprint density at radius 3 is 2.77 bits per heavy atom. The van der Waals surface area contributed by atoms with Crippen LogP contribution in [0.15, 0.2) is 42.5 Å². The molecule has 1 saturated heterocycles. The van der Waals surface area contributed by atoms with Crippen LogP contribution in [0.2, 0.25) is 5.02 Å². The Morgan fingerprint density at radius 1 is 1.26 bits per heavy atom. The minimum atomic E-state index is -0.546. The zero-order valence-electron chi connectivity index (χ0n) is 17.9. The quantitative estimate of drug-likeness (QED) is 0.616. The van der Waals surface area contributed by atoms with E-state index in [1.54, 1.807) is 12.1 Å². The second kappa shape index (κ2) is 8.38. The van der Waals surface area contributed by atoms with Crippen molar-refractivity contribution in [3.63, 3.8) is 0 Å². The van der Waals surface area contributed by atoms with Crippen molar-refractivity contribution in [3.05, 3.63) is 58.9 Å². The maximum absolute atomic E-state index is 14.5. The van der Waals surface area contributed by atoms with Gasteiger partial charge >= 0.3 is 6.09 Å². The van der Waals surface area contributed by atoms with E-state index in [1.807, 2.05) is 49.6 Å². The normalized spacial score (nSPS) is 16.7. The zero-order chi connectivity index (χ0) is 22.2. The van der Waals surface area contributed by atoms with Crippen LogP contribution in [-0.4, -0.2) is 40.4 Å². The third-order valence-corrected chi connectivity index (χ3v) is 5.56. The maximum Gasteiger partial charge on any atom is 0.407 e. The molecule has 3 aromatic rings. The van der Waals surface area contributed by atoms with Gasteiger partial charge in [-0.2, -0.15) is 0 Å². The SMILES string of the molecule is CC(C)(C)OC(=O)NC1CCN(c2nc3ccccc3n2Cc2c(F)cccc2Cl)C1. The molecule has 1 atom stereocenters. The van der Waals surface area contributed by atoms with Crippen molar-refractivity contribution in [1.29, 1.82) is 0 Å². The molecule has 1 N–H and O–H groups in total. The molecule has 4 rings (SSSR count). The van der Waals surface area contributed by atoms with E-state index in [2.05, 4.69) is 10.2 Å². The topological polar surface area (TPSA) is 59.4 Å². The standard InChI is InChI=1S/C23H26ClFN4O2/c1-23(2,3)31-22(30)26-15-11-12-28(13-15)21-27-19-9-4-5-10-20(19)29(21)14-16-17(24)7-6-8-18(16)25/h4-10,15H,11-14H2,1-3H3,(H,26,30). The number of ether oxygens (including phenoxy) is 1. The molecule has 1 aliphatic rings. The molecule has 0 aliphatic carbocycles. The molecule has 1 unspecified atom stereocenters. The Kier molecular flexibility index (Phi) is 5.79. The molecule has 0 bridgehead atoms. The van der Waals surface area contributed by atoms with Gasteiger partial charge in [0.05, 0.1) is 23.6 Å². The molecule has 1 aliphatic heterocycles. The minimum Gasteiger partial charge on any atom is -0.444 e. The molecule has 2 aromatic carbocycles. The number of benzene rings is 2. The van der Waals surface area contributed by atoms with Gasteiger partial charge in [-0.05, 0) is 51.5 Å². The first-order valence-electron chi connectivity index (χ1n) is 10.3. The molecule has 31 heavy (non-hydrogen) atoms. The van der Waals surface area contributed by atoms with Crippen LogP contribution in [0.4, 0.5) is 15.1 Å². The summed E-state index contributed by atoms with van der Waals surface area (Å²) in [6.45, 7) is 7.08. The number of anilines is 1. The average Bonchev–Trinajstić information content (AvgIpc) is 3.27. The summed E-state index contributed by atoms with van der Waals surface area (Å²) < 4.78 is 21.9. The van der Waals surface area contributed by atoms with E-state index in [9.17, 15) is 9.18 Å². The van der Waals surface area contributed by atoms with Crippen LogP contribution in [0, 0.1) is 5.82 Å². The highest BCUT2D eigenvalue weighted by Crippen LogP contribution is 2.29. The van der Waals surface area contributed by atoms with Crippen LogP contribution >= 0.6 is 11.6 Å².